The first-order valence-corrected chi connectivity index (χ1v) is 11.7. The van der Waals surface area contributed by atoms with E-state index in [1.165, 1.54) is 0 Å². The van der Waals surface area contributed by atoms with Crippen LogP contribution in [-0.4, -0.2) is 41.0 Å². The maximum absolute atomic E-state index is 13.2. The standard InChI is InChI=1S/C25H31N5O4/c1-14(2)33-20-12-10-18-21(29-20)22(30-24(31)16-6-8-17(26-4)9-7-16)23(34-18)25(32)28-19-11-5-15(3)13-27-19/h5,10-14,16-17,26H,6-9H2,1-4H3,(H,30,31)(H,27,28,32). The summed E-state index contributed by atoms with van der Waals surface area (Å²) in [5, 5.41) is 8.95. The Morgan fingerprint density at radius 3 is 2.50 bits per heavy atom. The Bertz CT molecular complexity index is 1160. The summed E-state index contributed by atoms with van der Waals surface area (Å²) in [4.78, 5) is 35.0. The Kier molecular flexibility index (Phi) is 7.12. The predicted octanol–water partition coefficient (Wildman–Crippen LogP) is 4.29. The zero-order chi connectivity index (χ0) is 24.2. The van der Waals surface area contributed by atoms with Crippen molar-refractivity contribution in [3.8, 4) is 5.88 Å². The molecule has 2 amide bonds. The van der Waals surface area contributed by atoms with Gasteiger partial charge in [0.05, 0.1) is 6.10 Å². The highest BCUT2D eigenvalue weighted by atomic mass is 16.5. The second kappa shape index (κ2) is 10.2. The van der Waals surface area contributed by atoms with Gasteiger partial charge in [-0.2, -0.15) is 0 Å². The van der Waals surface area contributed by atoms with Gasteiger partial charge in [0.2, 0.25) is 17.5 Å². The molecule has 0 spiro atoms. The molecule has 1 saturated carbocycles. The number of ether oxygens (including phenoxy) is 1. The third-order valence-corrected chi connectivity index (χ3v) is 5.98. The Labute approximate surface area is 198 Å². The van der Waals surface area contributed by atoms with Crippen molar-refractivity contribution in [1.82, 2.24) is 15.3 Å². The summed E-state index contributed by atoms with van der Waals surface area (Å²) in [5.41, 5.74) is 1.98. The van der Waals surface area contributed by atoms with Gasteiger partial charge in [-0.05, 0) is 71.2 Å². The number of fused-ring (bicyclic) bond motifs is 1. The van der Waals surface area contributed by atoms with E-state index in [0.29, 0.717) is 28.8 Å². The summed E-state index contributed by atoms with van der Waals surface area (Å²) in [6.45, 7) is 5.72. The lowest BCUT2D eigenvalue weighted by Crippen LogP contribution is -2.34. The molecule has 1 aliphatic rings. The lowest BCUT2D eigenvalue weighted by molar-refractivity contribution is -0.120. The molecule has 1 aliphatic carbocycles. The summed E-state index contributed by atoms with van der Waals surface area (Å²) in [7, 11) is 1.94. The minimum absolute atomic E-state index is 0.0242. The third kappa shape index (κ3) is 5.36. The van der Waals surface area contributed by atoms with Crippen LogP contribution in [0.25, 0.3) is 11.1 Å². The van der Waals surface area contributed by atoms with Crippen LogP contribution >= 0.6 is 0 Å². The first kappa shape index (κ1) is 23.7. The van der Waals surface area contributed by atoms with Crippen LogP contribution < -0.4 is 20.7 Å². The van der Waals surface area contributed by atoms with E-state index < -0.39 is 5.91 Å². The first-order chi connectivity index (χ1) is 16.3. The summed E-state index contributed by atoms with van der Waals surface area (Å²) >= 11 is 0. The smallest absolute Gasteiger partial charge is 0.294 e. The van der Waals surface area contributed by atoms with Crippen molar-refractivity contribution in [3.63, 3.8) is 0 Å². The number of carbonyl (C=O) groups excluding carboxylic acids is 2. The molecule has 9 heteroatoms. The van der Waals surface area contributed by atoms with Gasteiger partial charge in [0.1, 0.15) is 17.0 Å². The van der Waals surface area contributed by atoms with Crippen molar-refractivity contribution >= 4 is 34.4 Å². The van der Waals surface area contributed by atoms with Gasteiger partial charge in [-0.3, -0.25) is 9.59 Å². The Morgan fingerprint density at radius 1 is 1.09 bits per heavy atom. The first-order valence-electron chi connectivity index (χ1n) is 11.7. The normalized spacial score (nSPS) is 18.1. The summed E-state index contributed by atoms with van der Waals surface area (Å²) in [5.74, 6) is -0.0502. The van der Waals surface area contributed by atoms with Crippen LogP contribution in [0.15, 0.2) is 34.9 Å². The van der Waals surface area contributed by atoms with Crippen LogP contribution in [0.1, 0.15) is 55.6 Å². The zero-order valence-corrected chi connectivity index (χ0v) is 20.0. The Morgan fingerprint density at radius 2 is 1.85 bits per heavy atom. The fourth-order valence-corrected chi connectivity index (χ4v) is 4.13. The Balaban J connectivity index is 1.65. The number of furan rings is 1. The largest absolute Gasteiger partial charge is 0.475 e. The minimum Gasteiger partial charge on any atom is -0.475 e. The number of rotatable bonds is 7. The molecular formula is C25H31N5O4. The maximum atomic E-state index is 13.2. The molecule has 0 aromatic carbocycles. The van der Waals surface area contributed by atoms with Crippen LogP contribution in [0, 0.1) is 12.8 Å². The molecule has 0 saturated heterocycles. The third-order valence-electron chi connectivity index (χ3n) is 5.98. The number of nitrogens with one attached hydrogen (secondary N) is 3. The molecule has 9 nitrogen and oxygen atoms in total. The van der Waals surface area contributed by atoms with Gasteiger partial charge in [-0.15, -0.1) is 0 Å². The van der Waals surface area contributed by atoms with E-state index in [4.69, 9.17) is 9.15 Å². The molecule has 180 valence electrons. The molecule has 3 aromatic heterocycles. The van der Waals surface area contributed by atoms with Gasteiger partial charge >= 0.3 is 0 Å². The maximum Gasteiger partial charge on any atom is 0.294 e. The summed E-state index contributed by atoms with van der Waals surface area (Å²) in [6.07, 6.45) is 4.99. The van der Waals surface area contributed by atoms with E-state index in [0.717, 1.165) is 31.2 Å². The lowest BCUT2D eigenvalue weighted by atomic mass is 9.85. The van der Waals surface area contributed by atoms with Gasteiger partial charge in [-0.1, -0.05) is 6.07 Å². The fourth-order valence-electron chi connectivity index (χ4n) is 4.13. The molecule has 34 heavy (non-hydrogen) atoms. The molecule has 4 rings (SSSR count). The van der Waals surface area contributed by atoms with Crippen molar-refractivity contribution in [2.75, 3.05) is 17.7 Å². The van der Waals surface area contributed by atoms with Crippen molar-refractivity contribution in [2.24, 2.45) is 5.92 Å². The molecule has 3 N–H and O–H groups in total. The highest BCUT2D eigenvalue weighted by molar-refractivity contribution is 6.13. The quantitative estimate of drug-likeness (QED) is 0.476. The summed E-state index contributed by atoms with van der Waals surface area (Å²) < 4.78 is 11.6. The number of carbonyl (C=O) groups is 2. The van der Waals surface area contributed by atoms with Gasteiger partial charge < -0.3 is 25.1 Å². The number of aromatic nitrogens is 2. The fraction of sp³-hybridized carbons (Fsp3) is 0.440. The molecule has 0 unspecified atom stereocenters. The van der Waals surface area contributed by atoms with Crippen molar-refractivity contribution in [3.05, 3.63) is 41.8 Å². The van der Waals surface area contributed by atoms with Crippen molar-refractivity contribution in [2.45, 2.75) is 58.6 Å². The molecule has 0 bridgehead atoms. The Hall–Kier alpha value is -3.46. The van der Waals surface area contributed by atoms with Crippen molar-refractivity contribution < 1.29 is 18.7 Å². The van der Waals surface area contributed by atoms with E-state index >= 15 is 0 Å². The highest BCUT2D eigenvalue weighted by Crippen LogP contribution is 2.33. The van der Waals surface area contributed by atoms with Gasteiger partial charge in [0.15, 0.2) is 5.58 Å². The van der Waals surface area contributed by atoms with E-state index in [1.54, 1.807) is 24.4 Å². The number of hydrogen-bond donors (Lipinski definition) is 3. The van der Waals surface area contributed by atoms with Gasteiger partial charge in [0, 0.05) is 24.2 Å². The second-order valence-electron chi connectivity index (χ2n) is 8.97. The number of anilines is 2. The SMILES string of the molecule is CNC1CCC(C(=O)Nc2c(C(=O)Nc3ccc(C)cn3)oc3ccc(OC(C)C)nc23)CC1. The van der Waals surface area contributed by atoms with E-state index in [2.05, 4.69) is 25.9 Å². The number of amides is 2. The summed E-state index contributed by atoms with van der Waals surface area (Å²) in [6, 6.07) is 7.36. The molecule has 0 atom stereocenters. The topological polar surface area (TPSA) is 118 Å². The van der Waals surface area contributed by atoms with Crippen LogP contribution in [0.2, 0.25) is 0 Å². The highest BCUT2D eigenvalue weighted by Gasteiger charge is 2.29. The average molecular weight is 466 g/mol. The zero-order valence-electron chi connectivity index (χ0n) is 20.0. The predicted molar refractivity (Wildman–Crippen MR) is 130 cm³/mol. The van der Waals surface area contributed by atoms with Crippen molar-refractivity contribution in [1.29, 1.82) is 0 Å². The monoisotopic (exact) mass is 465 g/mol. The van der Waals surface area contributed by atoms with E-state index in [9.17, 15) is 9.59 Å². The molecule has 1 fully saturated rings. The molecule has 3 aromatic rings. The van der Waals surface area contributed by atoms with Crippen LogP contribution in [0.5, 0.6) is 5.88 Å². The van der Waals surface area contributed by atoms with Crippen LogP contribution in [-0.2, 0) is 4.79 Å². The minimum atomic E-state index is -0.519. The number of nitrogens with zero attached hydrogens (tertiary/aromatic N) is 2. The second-order valence-corrected chi connectivity index (χ2v) is 8.97. The molecular weight excluding hydrogens is 434 g/mol. The van der Waals surface area contributed by atoms with E-state index in [1.807, 2.05) is 33.9 Å². The molecule has 3 heterocycles. The van der Waals surface area contributed by atoms with Crippen LogP contribution in [0.3, 0.4) is 0 Å². The van der Waals surface area contributed by atoms with E-state index in [-0.39, 0.29) is 29.4 Å². The van der Waals surface area contributed by atoms with Crippen LogP contribution in [0.4, 0.5) is 11.5 Å². The average Bonchev–Trinajstić information content (AvgIpc) is 3.18. The van der Waals surface area contributed by atoms with Gasteiger partial charge in [-0.25, -0.2) is 9.97 Å². The number of pyridine rings is 2. The molecule has 0 radical (unpaired) electrons. The molecule has 0 aliphatic heterocycles. The number of aryl methyl sites for hydroxylation is 1. The lowest BCUT2D eigenvalue weighted by Gasteiger charge is -2.27. The van der Waals surface area contributed by atoms with Gasteiger partial charge in [0.25, 0.3) is 5.91 Å². The number of hydrogen-bond acceptors (Lipinski definition) is 7.